The van der Waals surface area contributed by atoms with E-state index in [9.17, 15) is 8.78 Å². The molecule has 0 unspecified atom stereocenters. The average molecular weight is 311 g/mol. The number of halogens is 2. The molecule has 1 fully saturated rings. The second-order valence-corrected chi connectivity index (χ2v) is 5.58. The number of ether oxygens (including phenoxy) is 1. The number of aliphatic imine (C=N–C) groups is 1. The van der Waals surface area contributed by atoms with Crippen molar-refractivity contribution in [1.29, 1.82) is 0 Å². The fraction of sp³-hybridized carbons (Fsp3) is 0.562. The van der Waals surface area contributed by atoms with Gasteiger partial charge >= 0.3 is 0 Å². The molecule has 1 N–H and O–H groups in total. The molecule has 0 saturated heterocycles. The maximum Gasteiger partial charge on any atom is 0.193 e. The number of benzene rings is 1. The molecule has 6 heteroatoms. The zero-order chi connectivity index (χ0) is 15.9. The minimum atomic E-state index is -0.449. The van der Waals surface area contributed by atoms with Crippen molar-refractivity contribution in [2.75, 3.05) is 33.9 Å². The topological polar surface area (TPSA) is 36.9 Å². The summed E-state index contributed by atoms with van der Waals surface area (Å²) in [4.78, 5) is 6.05. The first-order valence-corrected chi connectivity index (χ1v) is 7.53. The summed E-state index contributed by atoms with van der Waals surface area (Å²) in [6.45, 7) is 2.33. The molecule has 0 amide bonds. The van der Waals surface area contributed by atoms with Gasteiger partial charge < -0.3 is 15.0 Å². The van der Waals surface area contributed by atoms with E-state index < -0.39 is 11.6 Å². The highest BCUT2D eigenvalue weighted by Gasteiger charge is 2.21. The Labute approximate surface area is 130 Å². The monoisotopic (exact) mass is 311 g/mol. The summed E-state index contributed by atoms with van der Waals surface area (Å²) in [5.74, 6) is 0.493. The van der Waals surface area contributed by atoms with Crippen LogP contribution in [0.25, 0.3) is 0 Å². The molecule has 22 heavy (non-hydrogen) atoms. The van der Waals surface area contributed by atoms with Crippen LogP contribution in [-0.2, 0) is 11.3 Å². The predicted molar refractivity (Wildman–Crippen MR) is 82.7 cm³/mol. The van der Waals surface area contributed by atoms with Crippen molar-refractivity contribution in [3.05, 3.63) is 35.4 Å². The molecule has 2 rings (SSSR count). The highest BCUT2D eigenvalue weighted by atomic mass is 19.1. The van der Waals surface area contributed by atoms with Gasteiger partial charge in [0.15, 0.2) is 5.96 Å². The van der Waals surface area contributed by atoms with Gasteiger partial charge in [-0.2, -0.15) is 0 Å². The highest BCUT2D eigenvalue weighted by molar-refractivity contribution is 5.79. The summed E-state index contributed by atoms with van der Waals surface area (Å²) in [5, 5.41) is 3.03. The smallest absolute Gasteiger partial charge is 0.193 e. The molecule has 1 aliphatic carbocycles. The van der Waals surface area contributed by atoms with Crippen LogP contribution in [0.3, 0.4) is 0 Å². The van der Waals surface area contributed by atoms with Crippen molar-refractivity contribution in [2.45, 2.75) is 19.4 Å². The van der Waals surface area contributed by atoms with E-state index in [2.05, 4.69) is 10.3 Å². The predicted octanol–water partition coefficient (Wildman–Crippen LogP) is 2.40. The van der Waals surface area contributed by atoms with Crippen LogP contribution in [0, 0.1) is 17.6 Å². The summed E-state index contributed by atoms with van der Waals surface area (Å²) in [7, 11) is 3.55. The summed E-state index contributed by atoms with van der Waals surface area (Å²) >= 11 is 0. The molecule has 0 atom stereocenters. The largest absolute Gasteiger partial charge is 0.379 e. The average Bonchev–Trinajstić information content (AvgIpc) is 3.32. The molecule has 1 aromatic carbocycles. The van der Waals surface area contributed by atoms with Crippen molar-refractivity contribution in [3.63, 3.8) is 0 Å². The molecule has 4 nitrogen and oxygen atoms in total. The molecule has 0 aliphatic heterocycles. The Hall–Kier alpha value is -1.69. The van der Waals surface area contributed by atoms with Gasteiger partial charge in [-0.25, -0.2) is 8.78 Å². The number of nitrogens with zero attached hydrogens (tertiary/aromatic N) is 2. The minimum Gasteiger partial charge on any atom is -0.379 e. The number of nitrogens with one attached hydrogen (secondary N) is 1. The van der Waals surface area contributed by atoms with E-state index >= 15 is 0 Å². The molecule has 122 valence electrons. The van der Waals surface area contributed by atoms with Crippen LogP contribution in [0.2, 0.25) is 0 Å². The van der Waals surface area contributed by atoms with Gasteiger partial charge in [-0.3, -0.25) is 4.99 Å². The van der Waals surface area contributed by atoms with E-state index in [0.29, 0.717) is 19.1 Å². The first-order valence-electron chi connectivity index (χ1n) is 7.53. The van der Waals surface area contributed by atoms with Crippen LogP contribution in [-0.4, -0.2) is 44.7 Å². The van der Waals surface area contributed by atoms with Crippen molar-refractivity contribution < 1.29 is 13.5 Å². The third-order valence-corrected chi connectivity index (χ3v) is 3.64. The van der Waals surface area contributed by atoms with Gasteiger partial charge in [-0.15, -0.1) is 0 Å². The Morgan fingerprint density at radius 1 is 1.41 bits per heavy atom. The van der Waals surface area contributed by atoms with Gasteiger partial charge in [-0.05, 0) is 37.0 Å². The quantitative estimate of drug-likeness (QED) is 0.477. The molecule has 0 bridgehead atoms. The van der Waals surface area contributed by atoms with Crippen molar-refractivity contribution in [1.82, 2.24) is 10.2 Å². The lowest BCUT2D eigenvalue weighted by Crippen LogP contribution is -2.40. The first-order chi connectivity index (χ1) is 10.6. The van der Waals surface area contributed by atoms with E-state index in [0.717, 1.165) is 24.7 Å². The number of rotatable bonds is 7. The van der Waals surface area contributed by atoms with Gasteiger partial charge in [0.25, 0.3) is 0 Å². The molecule has 0 spiro atoms. The third kappa shape index (κ3) is 5.26. The highest BCUT2D eigenvalue weighted by Crippen LogP contribution is 2.28. The Bertz CT molecular complexity index is 518. The van der Waals surface area contributed by atoms with Gasteiger partial charge in [0, 0.05) is 39.4 Å². The Balaban J connectivity index is 1.76. The summed E-state index contributed by atoms with van der Waals surface area (Å²) in [5.41, 5.74) is 0.277. The van der Waals surface area contributed by atoms with E-state index in [1.165, 1.54) is 18.9 Å². The SMILES string of the molecule is CN=C(NCc1cc(F)ccc1F)N(C)CCOCC1CC1. The van der Waals surface area contributed by atoms with Crippen LogP contribution < -0.4 is 5.32 Å². The molecule has 1 aromatic rings. The fourth-order valence-corrected chi connectivity index (χ4v) is 2.08. The summed E-state index contributed by atoms with van der Waals surface area (Å²) in [6, 6.07) is 3.43. The molecule has 0 radical (unpaired) electrons. The summed E-state index contributed by atoms with van der Waals surface area (Å²) in [6.07, 6.45) is 2.55. The van der Waals surface area contributed by atoms with Crippen LogP contribution in [0.5, 0.6) is 0 Å². The normalized spacial score (nSPS) is 15.0. The molecule has 1 saturated carbocycles. The Kier molecular flexibility index (Phi) is 6.12. The Morgan fingerprint density at radius 3 is 2.86 bits per heavy atom. The molecular formula is C16H23F2N3O. The van der Waals surface area contributed by atoms with E-state index in [4.69, 9.17) is 4.74 Å². The zero-order valence-corrected chi connectivity index (χ0v) is 13.1. The van der Waals surface area contributed by atoms with Crippen molar-refractivity contribution >= 4 is 5.96 Å². The lowest BCUT2D eigenvalue weighted by atomic mass is 10.2. The van der Waals surface area contributed by atoms with Gasteiger partial charge in [0.1, 0.15) is 11.6 Å². The molecule has 1 aliphatic rings. The molecule has 0 heterocycles. The van der Waals surface area contributed by atoms with Crippen LogP contribution in [0.15, 0.2) is 23.2 Å². The number of likely N-dealkylation sites (N-methyl/N-ethyl adjacent to an activating group) is 1. The number of hydrogen-bond donors (Lipinski definition) is 1. The van der Waals surface area contributed by atoms with E-state index in [-0.39, 0.29) is 12.1 Å². The fourth-order valence-electron chi connectivity index (χ4n) is 2.08. The second kappa shape index (κ2) is 8.08. The zero-order valence-electron chi connectivity index (χ0n) is 13.1. The Morgan fingerprint density at radius 2 is 2.18 bits per heavy atom. The lowest BCUT2D eigenvalue weighted by Gasteiger charge is -2.22. The maximum atomic E-state index is 13.6. The van der Waals surface area contributed by atoms with Crippen LogP contribution in [0.4, 0.5) is 8.78 Å². The van der Waals surface area contributed by atoms with Crippen molar-refractivity contribution in [2.24, 2.45) is 10.9 Å². The van der Waals surface area contributed by atoms with E-state index in [1.807, 2.05) is 11.9 Å². The van der Waals surface area contributed by atoms with Gasteiger partial charge in [-0.1, -0.05) is 0 Å². The maximum absolute atomic E-state index is 13.6. The number of guanidine groups is 1. The van der Waals surface area contributed by atoms with Crippen LogP contribution in [0.1, 0.15) is 18.4 Å². The van der Waals surface area contributed by atoms with Crippen molar-refractivity contribution in [3.8, 4) is 0 Å². The van der Waals surface area contributed by atoms with Crippen LogP contribution >= 0.6 is 0 Å². The second-order valence-electron chi connectivity index (χ2n) is 5.58. The van der Waals surface area contributed by atoms with Gasteiger partial charge in [0.05, 0.1) is 6.61 Å². The molecule has 0 aromatic heterocycles. The first kappa shape index (κ1) is 16.7. The summed E-state index contributed by atoms with van der Waals surface area (Å²) < 4.78 is 32.3. The lowest BCUT2D eigenvalue weighted by molar-refractivity contribution is 0.115. The standard InChI is InChI=1S/C16H23F2N3O/c1-19-16(21(2)7-8-22-11-12-3-4-12)20-10-13-9-14(17)5-6-15(13)18/h5-6,9,12H,3-4,7-8,10-11H2,1-2H3,(H,19,20). The third-order valence-electron chi connectivity index (χ3n) is 3.64. The van der Waals surface area contributed by atoms with E-state index in [1.54, 1.807) is 7.05 Å². The molecular weight excluding hydrogens is 288 g/mol. The van der Waals surface area contributed by atoms with Gasteiger partial charge in [0.2, 0.25) is 0 Å². The minimum absolute atomic E-state index is 0.184. The number of hydrogen-bond acceptors (Lipinski definition) is 2.